The predicted molar refractivity (Wildman–Crippen MR) is 101 cm³/mol. The number of nitrogens with one attached hydrogen (secondary N) is 1. The zero-order valence-electron chi connectivity index (χ0n) is 15.0. The van der Waals surface area contributed by atoms with Crippen molar-refractivity contribution in [2.24, 2.45) is 5.73 Å². The number of allylic oxidation sites excluding steroid dienone is 2. The third kappa shape index (κ3) is 2.89. The number of rotatable bonds is 3. The number of hydrogen-bond acceptors (Lipinski definition) is 5. The van der Waals surface area contributed by atoms with E-state index in [4.69, 9.17) is 14.9 Å². The van der Waals surface area contributed by atoms with Gasteiger partial charge in [-0.15, -0.1) is 5.10 Å². The lowest BCUT2D eigenvalue weighted by Crippen LogP contribution is -2.20. The van der Waals surface area contributed by atoms with E-state index >= 15 is 0 Å². The molecule has 1 atom stereocenters. The number of fused-ring (bicyclic) bond motifs is 1. The largest absolute Gasteiger partial charge is 0.465 e. The maximum Gasteiger partial charge on any atom is 0.244 e. The molecule has 134 valence electrons. The first-order chi connectivity index (χ1) is 13.1. The summed E-state index contributed by atoms with van der Waals surface area (Å²) < 4.78 is 11.0. The number of aromatic nitrogens is 2. The van der Waals surface area contributed by atoms with E-state index in [0.29, 0.717) is 17.2 Å². The van der Waals surface area contributed by atoms with Crippen molar-refractivity contribution in [2.75, 3.05) is 0 Å². The summed E-state index contributed by atoms with van der Waals surface area (Å²) in [6.07, 6.45) is 3.51. The Kier molecular flexibility index (Phi) is 4.05. The summed E-state index contributed by atoms with van der Waals surface area (Å²) >= 11 is 0. The number of aryl methyl sites for hydroxylation is 1. The van der Waals surface area contributed by atoms with Crippen molar-refractivity contribution in [1.29, 1.82) is 5.26 Å². The van der Waals surface area contributed by atoms with Gasteiger partial charge in [-0.3, -0.25) is 5.10 Å². The van der Waals surface area contributed by atoms with Gasteiger partial charge in [0.15, 0.2) is 0 Å². The van der Waals surface area contributed by atoms with Gasteiger partial charge in [-0.1, -0.05) is 35.4 Å². The van der Waals surface area contributed by atoms with Gasteiger partial charge in [0.2, 0.25) is 11.8 Å². The number of hydrogen-bond donors (Lipinski definition) is 2. The molecular weight excluding hydrogens is 340 g/mol. The Labute approximate surface area is 156 Å². The first-order valence-electron chi connectivity index (χ1n) is 8.53. The van der Waals surface area contributed by atoms with Crippen LogP contribution in [0.4, 0.5) is 0 Å². The summed E-state index contributed by atoms with van der Waals surface area (Å²) in [4.78, 5) is 0. The lowest BCUT2D eigenvalue weighted by Gasteiger charge is -2.24. The molecule has 3 aromatic rings. The van der Waals surface area contributed by atoms with Crippen LogP contribution in [0.2, 0.25) is 0 Å². The first kappa shape index (κ1) is 16.7. The second kappa shape index (κ2) is 6.54. The van der Waals surface area contributed by atoms with Gasteiger partial charge in [0.1, 0.15) is 17.4 Å². The summed E-state index contributed by atoms with van der Waals surface area (Å²) in [6, 6.07) is 14.0. The Morgan fingerprint density at radius 2 is 2.07 bits per heavy atom. The minimum absolute atomic E-state index is 0.0733. The summed E-state index contributed by atoms with van der Waals surface area (Å²) in [5.74, 6) is 0.791. The third-order valence-electron chi connectivity index (χ3n) is 4.65. The average Bonchev–Trinajstić information content (AvgIpc) is 3.31. The monoisotopic (exact) mass is 358 g/mol. The van der Waals surface area contributed by atoms with Crippen LogP contribution in [0.1, 0.15) is 29.7 Å². The molecule has 0 amide bonds. The molecule has 6 nitrogen and oxygen atoms in total. The standard InChI is InChI=1S/C21H18N4O2/c1-12-5-7-14(8-6-12)19-18-17(13(2)10-15-4-3-9-26-15)16(11-22)20(23)27-21(18)25-24-19/h3-10,17H,23H2,1-2H3,(H,24,25)/b13-10-/t17-/m0/s1. The van der Waals surface area contributed by atoms with E-state index in [1.807, 2.05) is 56.3 Å². The number of nitrogens with two attached hydrogens (primary N) is 1. The van der Waals surface area contributed by atoms with E-state index < -0.39 is 0 Å². The van der Waals surface area contributed by atoms with Crippen LogP contribution in [0, 0.1) is 18.3 Å². The van der Waals surface area contributed by atoms with Gasteiger partial charge in [0, 0.05) is 5.56 Å². The molecule has 6 heteroatoms. The number of H-pyrrole nitrogens is 1. The fourth-order valence-corrected chi connectivity index (χ4v) is 3.32. The van der Waals surface area contributed by atoms with Gasteiger partial charge in [0.05, 0.1) is 23.4 Å². The van der Waals surface area contributed by atoms with Crippen molar-refractivity contribution in [3.8, 4) is 23.2 Å². The molecule has 3 heterocycles. The highest BCUT2D eigenvalue weighted by Gasteiger charge is 2.35. The predicted octanol–water partition coefficient (Wildman–Crippen LogP) is 4.25. The molecule has 0 saturated carbocycles. The highest BCUT2D eigenvalue weighted by molar-refractivity contribution is 5.72. The Bertz CT molecular complexity index is 1080. The third-order valence-corrected chi connectivity index (χ3v) is 4.65. The summed E-state index contributed by atoms with van der Waals surface area (Å²) in [7, 11) is 0. The molecular formula is C21H18N4O2. The van der Waals surface area contributed by atoms with Crippen LogP contribution in [0.3, 0.4) is 0 Å². The smallest absolute Gasteiger partial charge is 0.244 e. The highest BCUT2D eigenvalue weighted by atomic mass is 16.5. The van der Waals surface area contributed by atoms with E-state index in [1.54, 1.807) is 6.26 Å². The zero-order chi connectivity index (χ0) is 19.0. The molecule has 0 bridgehead atoms. The van der Waals surface area contributed by atoms with E-state index in [9.17, 15) is 5.26 Å². The Morgan fingerprint density at radius 1 is 1.30 bits per heavy atom. The molecule has 0 spiro atoms. The van der Waals surface area contributed by atoms with Crippen LogP contribution in [-0.4, -0.2) is 10.2 Å². The number of nitriles is 1. The molecule has 3 N–H and O–H groups in total. The van der Waals surface area contributed by atoms with Crippen LogP contribution in [-0.2, 0) is 0 Å². The molecule has 1 aliphatic rings. The van der Waals surface area contributed by atoms with Gasteiger partial charge in [-0.25, -0.2) is 0 Å². The normalized spacial score (nSPS) is 16.6. The van der Waals surface area contributed by atoms with Gasteiger partial charge in [-0.2, -0.15) is 5.26 Å². The number of aromatic amines is 1. The maximum absolute atomic E-state index is 9.72. The summed E-state index contributed by atoms with van der Waals surface area (Å²) in [6.45, 7) is 3.98. The lowest BCUT2D eigenvalue weighted by molar-refractivity contribution is 0.378. The first-order valence-corrected chi connectivity index (χ1v) is 8.53. The van der Waals surface area contributed by atoms with Crippen molar-refractivity contribution < 1.29 is 9.15 Å². The van der Waals surface area contributed by atoms with Crippen molar-refractivity contribution in [1.82, 2.24) is 10.2 Å². The molecule has 4 rings (SSSR count). The zero-order valence-corrected chi connectivity index (χ0v) is 15.0. The molecule has 27 heavy (non-hydrogen) atoms. The molecule has 0 unspecified atom stereocenters. The summed E-state index contributed by atoms with van der Waals surface area (Å²) in [5.41, 5.74) is 11.0. The molecule has 0 aliphatic carbocycles. The SMILES string of the molecule is C/C(=C/c1ccco1)[C@H]1C(C#N)=C(N)Oc2n[nH]c(-c3ccc(C)cc3)c21. The summed E-state index contributed by atoms with van der Waals surface area (Å²) in [5, 5.41) is 17.0. The highest BCUT2D eigenvalue weighted by Crippen LogP contribution is 2.46. The fourth-order valence-electron chi connectivity index (χ4n) is 3.32. The number of ether oxygens (including phenoxy) is 1. The molecule has 2 aromatic heterocycles. The van der Waals surface area contributed by atoms with E-state index in [0.717, 1.165) is 28.0 Å². The van der Waals surface area contributed by atoms with Crippen LogP contribution in [0.25, 0.3) is 17.3 Å². The maximum atomic E-state index is 9.72. The molecule has 1 aliphatic heterocycles. The minimum Gasteiger partial charge on any atom is -0.465 e. The molecule has 0 radical (unpaired) electrons. The average molecular weight is 358 g/mol. The lowest BCUT2D eigenvalue weighted by atomic mass is 9.83. The van der Waals surface area contributed by atoms with Crippen molar-refractivity contribution >= 4 is 6.08 Å². The Morgan fingerprint density at radius 3 is 2.74 bits per heavy atom. The number of furan rings is 1. The van der Waals surface area contributed by atoms with Gasteiger partial charge in [0.25, 0.3) is 0 Å². The Balaban J connectivity index is 1.89. The van der Waals surface area contributed by atoms with Crippen LogP contribution in [0.5, 0.6) is 5.88 Å². The van der Waals surface area contributed by atoms with Gasteiger partial charge < -0.3 is 14.9 Å². The fraction of sp³-hybridized carbons (Fsp3) is 0.143. The topological polar surface area (TPSA) is 101 Å². The van der Waals surface area contributed by atoms with Crippen LogP contribution >= 0.6 is 0 Å². The van der Waals surface area contributed by atoms with E-state index in [-0.39, 0.29) is 11.8 Å². The van der Waals surface area contributed by atoms with Crippen molar-refractivity contribution in [3.63, 3.8) is 0 Å². The molecule has 1 aromatic carbocycles. The molecule has 0 fully saturated rings. The second-order valence-corrected chi connectivity index (χ2v) is 6.51. The minimum atomic E-state index is -0.376. The number of benzene rings is 1. The van der Waals surface area contributed by atoms with E-state index in [1.165, 1.54) is 0 Å². The second-order valence-electron chi connectivity index (χ2n) is 6.51. The van der Waals surface area contributed by atoms with Crippen molar-refractivity contribution in [2.45, 2.75) is 19.8 Å². The van der Waals surface area contributed by atoms with Gasteiger partial charge >= 0.3 is 0 Å². The van der Waals surface area contributed by atoms with Crippen LogP contribution in [0.15, 0.2) is 64.1 Å². The van der Waals surface area contributed by atoms with Crippen molar-refractivity contribution in [3.05, 3.63) is 76.6 Å². The van der Waals surface area contributed by atoms with Crippen LogP contribution < -0.4 is 10.5 Å². The van der Waals surface area contributed by atoms with E-state index in [2.05, 4.69) is 16.3 Å². The molecule has 0 saturated heterocycles. The van der Waals surface area contributed by atoms with Gasteiger partial charge in [-0.05, 0) is 32.1 Å². The quantitative estimate of drug-likeness (QED) is 0.729. The Hall–Kier alpha value is -3.72. The number of nitrogens with zero attached hydrogens (tertiary/aromatic N) is 2.